The fourth-order valence-corrected chi connectivity index (χ4v) is 3.18. The zero-order valence-electron chi connectivity index (χ0n) is 17.1. The lowest BCUT2D eigenvalue weighted by Crippen LogP contribution is -2.17. The van der Waals surface area contributed by atoms with Gasteiger partial charge in [0.15, 0.2) is 11.7 Å². The highest BCUT2D eigenvalue weighted by atomic mass is 16.5. The van der Waals surface area contributed by atoms with Crippen molar-refractivity contribution in [1.82, 2.24) is 15.4 Å². The van der Waals surface area contributed by atoms with Gasteiger partial charge in [0.2, 0.25) is 5.91 Å². The molecule has 1 aromatic carbocycles. The van der Waals surface area contributed by atoms with Crippen LogP contribution < -0.4 is 10.2 Å². The van der Waals surface area contributed by atoms with Crippen LogP contribution in [0.5, 0.6) is 5.75 Å². The Hall–Kier alpha value is -3.19. The highest BCUT2D eigenvalue weighted by molar-refractivity contribution is 5.75. The highest BCUT2D eigenvalue weighted by Gasteiger charge is 2.17. The third kappa shape index (κ3) is 5.90. The largest absolute Gasteiger partial charge is 0.494 e. The van der Waals surface area contributed by atoms with Crippen molar-refractivity contribution >= 4 is 5.91 Å². The Morgan fingerprint density at radius 2 is 1.90 bits per heavy atom. The number of nitrogens with one attached hydrogen (secondary N) is 1. The summed E-state index contributed by atoms with van der Waals surface area (Å²) in [5, 5.41) is 8.51. The normalized spacial score (nSPS) is 10.7. The van der Waals surface area contributed by atoms with E-state index < -0.39 is 0 Å². The van der Waals surface area contributed by atoms with Crippen LogP contribution in [0.25, 0.3) is 22.7 Å². The number of nitrogens with zero attached hydrogens (tertiary/aromatic N) is 2. The summed E-state index contributed by atoms with van der Waals surface area (Å²) >= 11 is 0. The highest BCUT2D eigenvalue weighted by Crippen LogP contribution is 2.33. The minimum Gasteiger partial charge on any atom is -0.494 e. The number of amides is 1. The third-order valence-electron chi connectivity index (χ3n) is 4.68. The van der Waals surface area contributed by atoms with Gasteiger partial charge >= 0.3 is 0 Å². The van der Waals surface area contributed by atoms with E-state index in [1.807, 2.05) is 49.4 Å². The van der Waals surface area contributed by atoms with E-state index in [9.17, 15) is 4.79 Å². The van der Waals surface area contributed by atoms with Crippen LogP contribution in [0.3, 0.4) is 0 Å². The molecule has 0 aliphatic carbocycles. The Labute approximate surface area is 176 Å². The maximum Gasteiger partial charge on any atom is 0.243 e. The number of aryl methyl sites for hydroxylation is 1. The molecular weight excluding hydrogens is 382 g/mol. The van der Waals surface area contributed by atoms with Crippen molar-refractivity contribution < 1.29 is 19.2 Å². The Bertz CT molecular complexity index is 923. The predicted molar refractivity (Wildman–Crippen MR) is 113 cm³/mol. The van der Waals surface area contributed by atoms with E-state index in [0.717, 1.165) is 48.4 Å². The van der Waals surface area contributed by atoms with Gasteiger partial charge in [-0.1, -0.05) is 18.9 Å². The van der Waals surface area contributed by atoms with Gasteiger partial charge in [0.25, 0.3) is 0 Å². The molecular formula is C23H27N3O4. The number of unbranched alkanes of at least 4 members (excludes halogenated alkanes) is 3. The molecule has 30 heavy (non-hydrogen) atoms. The third-order valence-corrected chi connectivity index (χ3v) is 4.68. The molecule has 1 amide bonds. The molecule has 0 aliphatic rings. The average molecular weight is 409 g/mol. The molecule has 3 rings (SSSR count). The van der Waals surface area contributed by atoms with Gasteiger partial charge in [-0.05, 0) is 56.2 Å². The van der Waals surface area contributed by atoms with E-state index in [-0.39, 0.29) is 5.91 Å². The van der Waals surface area contributed by atoms with Crippen LogP contribution in [-0.4, -0.2) is 27.7 Å². The summed E-state index contributed by atoms with van der Waals surface area (Å²) in [5.74, 6) is 1.84. The van der Waals surface area contributed by atoms with Crippen LogP contribution >= 0.6 is 0 Å². The molecule has 2 N–H and O–H groups in total. The second kappa shape index (κ2) is 11.1. The van der Waals surface area contributed by atoms with E-state index in [2.05, 4.69) is 4.98 Å². The molecule has 0 fully saturated rings. The average Bonchev–Trinajstić information content (AvgIpc) is 3.21. The van der Waals surface area contributed by atoms with Gasteiger partial charge in [-0.2, -0.15) is 0 Å². The summed E-state index contributed by atoms with van der Waals surface area (Å²) in [6.45, 7) is 2.58. The first-order valence-corrected chi connectivity index (χ1v) is 10.3. The molecule has 0 unspecified atom stereocenters. The Morgan fingerprint density at radius 1 is 1.10 bits per heavy atom. The van der Waals surface area contributed by atoms with Crippen LogP contribution in [0.2, 0.25) is 0 Å². The summed E-state index contributed by atoms with van der Waals surface area (Å²) in [6.07, 6.45) is 6.31. The topological polar surface area (TPSA) is 97.5 Å². The van der Waals surface area contributed by atoms with Crippen LogP contribution in [-0.2, 0) is 11.2 Å². The number of hydroxylamine groups is 1. The first-order valence-electron chi connectivity index (χ1n) is 10.3. The molecule has 0 saturated heterocycles. The quantitative estimate of drug-likeness (QED) is 0.268. The van der Waals surface area contributed by atoms with E-state index >= 15 is 0 Å². The van der Waals surface area contributed by atoms with Crippen molar-refractivity contribution in [2.24, 2.45) is 0 Å². The lowest BCUT2D eigenvalue weighted by molar-refractivity contribution is -0.129. The lowest BCUT2D eigenvalue weighted by atomic mass is 10.1. The molecule has 7 heteroatoms. The van der Waals surface area contributed by atoms with Gasteiger partial charge in [0.1, 0.15) is 11.4 Å². The number of oxazole rings is 1. The van der Waals surface area contributed by atoms with E-state index in [1.54, 1.807) is 11.7 Å². The second-order valence-corrected chi connectivity index (χ2v) is 6.91. The maximum atomic E-state index is 11.0. The van der Waals surface area contributed by atoms with E-state index in [0.29, 0.717) is 31.1 Å². The standard InChI is InChI=1S/C23H27N3O4/c1-2-29-18-14-12-17(13-15-18)23-22(19-9-7-8-16-24-19)25-21(30-23)11-6-4-3-5-10-20(27)26-28/h7-9,12-16,28H,2-6,10-11H2,1H3,(H,26,27). The molecule has 0 atom stereocenters. The smallest absolute Gasteiger partial charge is 0.243 e. The SMILES string of the molecule is CCOc1ccc(-c2oc(CCCCCCC(=O)NO)nc2-c2ccccn2)cc1. The molecule has 0 radical (unpaired) electrons. The Morgan fingerprint density at radius 3 is 2.60 bits per heavy atom. The van der Waals surface area contributed by atoms with Gasteiger partial charge in [-0.15, -0.1) is 0 Å². The first kappa shape index (κ1) is 21.5. The summed E-state index contributed by atoms with van der Waals surface area (Å²) in [6, 6.07) is 13.5. The zero-order valence-corrected chi connectivity index (χ0v) is 17.1. The Kier molecular flexibility index (Phi) is 7.97. The molecule has 0 aliphatic heterocycles. The number of rotatable bonds is 11. The van der Waals surface area contributed by atoms with Gasteiger partial charge in [-0.25, -0.2) is 10.5 Å². The van der Waals surface area contributed by atoms with Gasteiger partial charge in [-0.3, -0.25) is 15.0 Å². The summed E-state index contributed by atoms with van der Waals surface area (Å²) in [4.78, 5) is 20.2. The van der Waals surface area contributed by atoms with Crippen LogP contribution in [0, 0.1) is 0 Å². The molecule has 0 saturated carbocycles. The minimum absolute atomic E-state index is 0.335. The molecule has 7 nitrogen and oxygen atoms in total. The minimum atomic E-state index is -0.345. The van der Waals surface area contributed by atoms with Crippen molar-refractivity contribution in [1.29, 1.82) is 0 Å². The fourth-order valence-electron chi connectivity index (χ4n) is 3.18. The number of carbonyl (C=O) groups excluding carboxylic acids is 1. The number of hydrogen-bond acceptors (Lipinski definition) is 6. The van der Waals surface area contributed by atoms with Crippen molar-refractivity contribution in [3.63, 3.8) is 0 Å². The van der Waals surface area contributed by atoms with E-state index in [1.165, 1.54) is 0 Å². The van der Waals surface area contributed by atoms with Crippen molar-refractivity contribution in [3.8, 4) is 28.5 Å². The molecule has 2 aromatic heterocycles. The van der Waals surface area contributed by atoms with Gasteiger partial charge < -0.3 is 9.15 Å². The monoisotopic (exact) mass is 409 g/mol. The van der Waals surface area contributed by atoms with Crippen LogP contribution in [0.1, 0.15) is 44.9 Å². The maximum absolute atomic E-state index is 11.0. The number of aromatic nitrogens is 2. The molecule has 0 bridgehead atoms. The summed E-state index contributed by atoms with van der Waals surface area (Å²) in [5.41, 5.74) is 4.08. The number of carbonyl (C=O) groups is 1. The fraction of sp³-hybridized carbons (Fsp3) is 0.348. The number of benzene rings is 1. The molecule has 158 valence electrons. The van der Waals surface area contributed by atoms with Gasteiger partial charge in [0, 0.05) is 24.6 Å². The number of pyridine rings is 1. The molecule has 0 spiro atoms. The van der Waals surface area contributed by atoms with E-state index in [4.69, 9.17) is 19.3 Å². The van der Waals surface area contributed by atoms with Crippen molar-refractivity contribution in [2.75, 3.05) is 6.61 Å². The van der Waals surface area contributed by atoms with Gasteiger partial charge in [0.05, 0.1) is 12.3 Å². The molecule has 2 heterocycles. The molecule has 3 aromatic rings. The Balaban J connectivity index is 1.70. The van der Waals surface area contributed by atoms with Crippen molar-refractivity contribution in [2.45, 2.75) is 45.4 Å². The predicted octanol–water partition coefficient (Wildman–Crippen LogP) is 4.80. The zero-order chi connectivity index (χ0) is 21.2. The summed E-state index contributed by atoms with van der Waals surface area (Å²) < 4.78 is 11.7. The lowest BCUT2D eigenvalue weighted by Gasteiger charge is -2.04. The van der Waals surface area contributed by atoms with Crippen molar-refractivity contribution in [3.05, 3.63) is 54.6 Å². The van der Waals surface area contributed by atoms with Crippen LogP contribution in [0.4, 0.5) is 0 Å². The number of hydrogen-bond donors (Lipinski definition) is 2. The first-order chi connectivity index (χ1) is 14.7. The number of ether oxygens (including phenoxy) is 1. The second-order valence-electron chi connectivity index (χ2n) is 6.91. The summed E-state index contributed by atoms with van der Waals surface area (Å²) in [7, 11) is 0. The van der Waals surface area contributed by atoms with Crippen LogP contribution in [0.15, 0.2) is 53.1 Å².